The van der Waals surface area contributed by atoms with Gasteiger partial charge in [-0.1, -0.05) is 31.5 Å². The van der Waals surface area contributed by atoms with Crippen molar-refractivity contribution in [2.45, 2.75) is 26.7 Å². The van der Waals surface area contributed by atoms with E-state index in [0.29, 0.717) is 0 Å². The van der Waals surface area contributed by atoms with Crippen LogP contribution in [-0.4, -0.2) is 18.1 Å². The number of hydrogen-bond donors (Lipinski definition) is 1. The van der Waals surface area contributed by atoms with Gasteiger partial charge in [0.2, 0.25) is 0 Å². The van der Waals surface area contributed by atoms with E-state index in [1.54, 1.807) is 0 Å². The Kier molecular flexibility index (Phi) is 5.42. The number of unbranched alkanes of at least 4 members (excludes halogenated alkanes) is 1. The molecule has 0 atom stereocenters. The van der Waals surface area contributed by atoms with Gasteiger partial charge in [0.1, 0.15) is 5.82 Å². The van der Waals surface area contributed by atoms with Crippen molar-refractivity contribution in [2.24, 2.45) is 0 Å². The monoisotopic (exact) mass is 269 g/mol. The highest BCUT2D eigenvalue weighted by Crippen LogP contribution is 2.26. The van der Waals surface area contributed by atoms with Crippen molar-refractivity contribution in [1.82, 2.24) is 4.98 Å². The lowest BCUT2D eigenvalue weighted by atomic mass is 10.2. The van der Waals surface area contributed by atoms with Crippen LogP contribution in [0, 0.1) is 0 Å². The second kappa shape index (κ2) is 7.53. The summed E-state index contributed by atoms with van der Waals surface area (Å²) in [5.74, 6) is 0.933. The summed E-state index contributed by atoms with van der Waals surface area (Å²) in [7, 11) is 0. The molecule has 2 rings (SSSR count). The molecule has 0 saturated heterocycles. The number of para-hydroxylation sites is 1. The minimum Gasteiger partial charge on any atom is -0.370 e. The van der Waals surface area contributed by atoms with Gasteiger partial charge in [-0.2, -0.15) is 0 Å². The van der Waals surface area contributed by atoms with Crippen LogP contribution >= 0.6 is 0 Å². The van der Waals surface area contributed by atoms with Crippen LogP contribution in [0.3, 0.4) is 0 Å². The third-order valence-corrected chi connectivity index (χ3v) is 3.22. The van der Waals surface area contributed by atoms with Gasteiger partial charge in [-0.15, -0.1) is 0 Å². The van der Waals surface area contributed by atoms with Gasteiger partial charge >= 0.3 is 0 Å². The first-order valence-corrected chi connectivity index (χ1v) is 7.37. The van der Waals surface area contributed by atoms with Crippen LogP contribution in [0.2, 0.25) is 0 Å². The molecule has 0 radical (unpaired) electrons. The summed E-state index contributed by atoms with van der Waals surface area (Å²) in [6.07, 6.45) is 4.23. The summed E-state index contributed by atoms with van der Waals surface area (Å²) in [5, 5.41) is 3.27. The standard InChI is InChI=1S/C17H23N3/c1-3-5-13-20(15-9-7-6-8-10-15)16-11-12-19-17(14-16)18-4-2/h6-12,14H,3-5,13H2,1-2H3,(H,18,19). The van der Waals surface area contributed by atoms with Crippen LogP contribution in [0.1, 0.15) is 26.7 Å². The van der Waals surface area contributed by atoms with E-state index in [-0.39, 0.29) is 0 Å². The number of aromatic nitrogens is 1. The summed E-state index contributed by atoms with van der Waals surface area (Å²) in [6, 6.07) is 14.7. The lowest BCUT2D eigenvalue weighted by Gasteiger charge is -2.25. The molecule has 3 heteroatoms. The summed E-state index contributed by atoms with van der Waals surface area (Å²) < 4.78 is 0. The Bertz CT molecular complexity index is 511. The second-order valence-electron chi connectivity index (χ2n) is 4.77. The number of hydrogen-bond acceptors (Lipinski definition) is 3. The maximum Gasteiger partial charge on any atom is 0.127 e. The van der Waals surface area contributed by atoms with Gasteiger partial charge in [0.15, 0.2) is 0 Å². The highest BCUT2D eigenvalue weighted by atomic mass is 15.1. The Labute approximate surface area is 121 Å². The van der Waals surface area contributed by atoms with Crippen LogP contribution < -0.4 is 10.2 Å². The fourth-order valence-corrected chi connectivity index (χ4v) is 2.20. The van der Waals surface area contributed by atoms with Gasteiger partial charge in [0.05, 0.1) is 0 Å². The SMILES string of the molecule is CCCCN(c1ccccc1)c1ccnc(NCC)c1. The maximum absolute atomic E-state index is 4.35. The molecule has 1 heterocycles. The molecule has 0 amide bonds. The van der Waals surface area contributed by atoms with Crippen molar-refractivity contribution in [3.05, 3.63) is 48.7 Å². The lowest BCUT2D eigenvalue weighted by Crippen LogP contribution is -2.18. The van der Waals surface area contributed by atoms with Crippen molar-refractivity contribution in [1.29, 1.82) is 0 Å². The summed E-state index contributed by atoms with van der Waals surface area (Å²) in [6.45, 7) is 6.22. The van der Waals surface area contributed by atoms with Gasteiger partial charge in [-0.25, -0.2) is 4.98 Å². The van der Waals surface area contributed by atoms with E-state index in [2.05, 4.69) is 71.5 Å². The normalized spacial score (nSPS) is 10.3. The molecular weight excluding hydrogens is 246 g/mol. The van der Waals surface area contributed by atoms with Gasteiger partial charge < -0.3 is 10.2 Å². The quantitative estimate of drug-likeness (QED) is 0.804. The molecule has 3 nitrogen and oxygen atoms in total. The van der Waals surface area contributed by atoms with Gasteiger partial charge in [-0.3, -0.25) is 0 Å². The largest absolute Gasteiger partial charge is 0.370 e. The van der Waals surface area contributed by atoms with Crippen molar-refractivity contribution in [2.75, 3.05) is 23.3 Å². The minimum atomic E-state index is 0.886. The van der Waals surface area contributed by atoms with Gasteiger partial charge in [0, 0.05) is 36.7 Å². The molecule has 0 fully saturated rings. The molecule has 1 aromatic carbocycles. The van der Waals surface area contributed by atoms with E-state index in [9.17, 15) is 0 Å². The van der Waals surface area contributed by atoms with Crippen molar-refractivity contribution in [3.63, 3.8) is 0 Å². The third-order valence-electron chi connectivity index (χ3n) is 3.22. The molecule has 2 aromatic rings. The fourth-order valence-electron chi connectivity index (χ4n) is 2.20. The number of nitrogens with zero attached hydrogens (tertiary/aromatic N) is 2. The second-order valence-corrected chi connectivity index (χ2v) is 4.77. The van der Waals surface area contributed by atoms with E-state index < -0.39 is 0 Å². The number of anilines is 3. The average molecular weight is 269 g/mol. The average Bonchev–Trinajstić information content (AvgIpc) is 2.50. The van der Waals surface area contributed by atoms with Crippen molar-refractivity contribution >= 4 is 17.2 Å². The molecule has 0 aliphatic rings. The zero-order chi connectivity index (χ0) is 14.2. The zero-order valence-corrected chi connectivity index (χ0v) is 12.3. The fraction of sp³-hybridized carbons (Fsp3) is 0.353. The zero-order valence-electron chi connectivity index (χ0n) is 12.3. The molecule has 0 aliphatic carbocycles. The summed E-state index contributed by atoms with van der Waals surface area (Å²) >= 11 is 0. The number of rotatable bonds is 7. The van der Waals surface area contributed by atoms with E-state index in [4.69, 9.17) is 0 Å². The first-order chi connectivity index (χ1) is 9.85. The topological polar surface area (TPSA) is 28.2 Å². The number of nitrogens with one attached hydrogen (secondary N) is 1. The van der Waals surface area contributed by atoms with E-state index >= 15 is 0 Å². The predicted molar refractivity (Wildman–Crippen MR) is 86.8 cm³/mol. The first-order valence-electron chi connectivity index (χ1n) is 7.37. The summed E-state index contributed by atoms with van der Waals surface area (Å²) in [5.41, 5.74) is 2.42. The van der Waals surface area contributed by atoms with Crippen LogP contribution in [0.4, 0.5) is 17.2 Å². The first kappa shape index (κ1) is 14.4. The minimum absolute atomic E-state index is 0.886. The molecule has 20 heavy (non-hydrogen) atoms. The van der Waals surface area contributed by atoms with Crippen molar-refractivity contribution < 1.29 is 0 Å². The molecule has 106 valence electrons. The van der Waals surface area contributed by atoms with Crippen LogP contribution in [-0.2, 0) is 0 Å². The number of pyridine rings is 1. The molecule has 0 saturated carbocycles. The summed E-state index contributed by atoms with van der Waals surface area (Å²) in [4.78, 5) is 6.70. The predicted octanol–water partition coefficient (Wildman–Crippen LogP) is 4.45. The molecule has 1 N–H and O–H groups in total. The van der Waals surface area contributed by atoms with E-state index in [0.717, 1.165) is 18.9 Å². The Morgan fingerprint density at radius 3 is 2.55 bits per heavy atom. The molecule has 0 unspecified atom stereocenters. The Hall–Kier alpha value is -2.03. The van der Waals surface area contributed by atoms with Crippen LogP contribution in [0.25, 0.3) is 0 Å². The maximum atomic E-state index is 4.35. The molecule has 0 spiro atoms. The van der Waals surface area contributed by atoms with Crippen molar-refractivity contribution in [3.8, 4) is 0 Å². The highest BCUT2D eigenvalue weighted by Gasteiger charge is 2.09. The smallest absolute Gasteiger partial charge is 0.127 e. The third kappa shape index (κ3) is 3.73. The van der Waals surface area contributed by atoms with Crippen LogP contribution in [0.5, 0.6) is 0 Å². The Balaban J connectivity index is 2.28. The molecule has 0 aliphatic heterocycles. The lowest BCUT2D eigenvalue weighted by molar-refractivity contribution is 0.785. The number of benzene rings is 1. The van der Waals surface area contributed by atoms with Gasteiger partial charge in [0.25, 0.3) is 0 Å². The van der Waals surface area contributed by atoms with E-state index in [1.807, 2.05) is 6.20 Å². The molecule has 0 bridgehead atoms. The molecular formula is C17H23N3. The molecule has 1 aromatic heterocycles. The highest BCUT2D eigenvalue weighted by molar-refractivity contribution is 5.65. The van der Waals surface area contributed by atoms with Gasteiger partial charge in [-0.05, 0) is 31.5 Å². The Morgan fingerprint density at radius 1 is 1.05 bits per heavy atom. The van der Waals surface area contributed by atoms with E-state index in [1.165, 1.54) is 24.2 Å². The Morgan fingerprint density at radius 2 is 1.85 bits per heavy atom. The van der Waals surface area contributed by atoms with Crippen LogP contribution in [0.15, 0.2) is 48.7 Å².